The van der Waals surface area contributed by atoms with Crippen molar-refractivity contribution in [2.45, 2.75) is 20.4 Å². The molecule has 0 spiro atoms. The molecule has 0 aliphatic rings. The summed E-state index contributed by atoms with van der Waals surface area (Å²) < 4.78 is 15.8. The molecule has 162 valence electrons. The predicted octanol–water partition coefficient (Wildman–Crippen LogP) is 7.39. The quantitative estimate of drug-likeness (QED) is 0.222. The summed E-state index contributed by atoms with van der Waals surface area (Å²) in [7, 11) is 0. The van der Waals surface area contributed by atoms with Gasteiger partial charge in [-0.2, -0.15) is 0 Å². The van der Waals surface area contributed by atoms with E-state index < -0.39 is 0 Å². The number of thiocarbonyl (C=S) groups is 1. The van der Waals surface area contributed by atoms with Crippen LogP contribution in [-0.4, -0.2) is 14.8 Å². The monoisotopic (exact) mass is 510 g/mol. The van der Waals surface area contributed by atoms with Crippen molar-refractivity contribution in [2.24, 2.45) is 10.2 Å². The van der Waals surface area contributed by atoms with E-state index >= 15 is 0 Å². The molecule has 0 aliphatic heterocycles. The molecule has 0 atom stereocenters. The summed E-state index contributed by atoms with van der Waals surface area (Å²) in [6.45, 7) is 4.42. The number of fused-ring (bicyclic) bond motifs is 1. The SMILES string of the molecule is Cc1ccc(NC(=S)N=Nc2c(O)n(Cc3ccc(F)cc3)c3ccc(Br)cc23)cc1C. The highest BCUT2D eigenvalue weighted by Gasteiger charge is 2.17. The van der Waals surface area contributed by atoms with E-state index in [1.54, 1.807) is 16.7 Å². The highest BCUT2D eigenvalue weighted by Crippen LogP contribution is 2.40. The van der Waals surface area contributed by atoms with Gasteiger partial charge < -0.3 is 15.0 Å². The lowest BCUT2D eigenvalue weighted by atomic mass is 10.1. The molecule has 1 heterocycles. The molecular weight excluding hydrogens is 491 g/mol. The number of nitrogens with one attached hydrogen (secondary N) is 1. The standard InChI is InChI=1S/C24H20BrFN4OS/c1-14-3-9-19(11-15(14)2)27-24(32)29-28-22-20-12-17(25)6-10-21(20)30(23(22)31)13-16-4-7-18(26)8-5-16/h3-12,31H,13H2,1-2H3,(H,27,32). The molecule has 2 N–H and O–H groups in total. The number of nitrogens with zero attached hydrogens (tertiary/aromatic N) is 3. The zero-order chi connectivity index (χ0) is 22.8. The minimum atomic E-state index is -0.307. The van der Waals surface area contributed by atoms with Crippen molar-refractivity contribution < 1.29 is 9.50 Å². The molecule has 3 aromatic carbocycles. The second kappa shape index (κ2) is 9.18. The number of aromatic hydroxyl groups is 1. The van der Waals surface area contributed by atoms with Gasteiger partial charge in [0.05, 0.1) is 12.1 Å². The Bertz CT molecular complexity index is 1350. The normalized spacial score (nSPS) is 11.4. The summed E-state index contributed by atoms with van der Waals surface area (Å²) in [6, 6.07) is 17.7. The molecule has 4 aromatic rings. The van der Waals surface area contributed by atoms with Crippen molar-refractivity contribution >= 4 is 55.5 Å². The van der Waals surface area contributed by atoms with E-state index in [0.717, 1.165) is 32.2 Å². The highest BCUT2D eigenvalue weighted by atomic mass is 79.9. The Kier molecular flexibility index (Phi) is 6.34. The summed E-state index contributed by atoms with van der Waals surface area (Å²) in [5.41, 5.74) is 5.08. The fourth-order valence-corrected chi connectivity index (χ4v) is 3.91. The van der Waals surface area contributed by atoms with Gasteiger partial charge >= 0.3 is 0 Å². The van der Waals surface area contributed by atoms with Gasteiger partial charge in [0.1, 0.15) is 5.82 Å². The summed E-state index contributed by atoms with van der Waals surface area (Å²) in [5.74, 6) is -0.348. The van der Waals surface area contributed by atoms with Crippen LogP contribution in [0.5, 0.6) is 5.88 Å². The van der Waals surface area contributed by atoms with Crippen LogP contribution in [0.15, 0.2) is 75.4 Å². The average molecular weight is 511 g/mol. The van der Waals surface area contributed by atoms with Gasteiger partial charge in [-0.1, -0.05) is 34.1 Å². The van der Waals surface area contributed by atoms with E-state index in [1.165, 1.54) is 17.7 Å². The number of azo groups is 1. The number of anilines is 1. The first-order valence-corrected chi connectivity index (χ1v) is 11.1. The first-order valence-electron chi connectivity index (χ1n) is 9.87. The number of rotatable bonds is 4. The first-order chi connectivity index (χ1) is 15.3. The van der Waals surface area contributed by atoms with Gasteiger partial charge in [0.15, 0.2) is 5.69 Å². The van der Waals surface area contributed by atoms with Crippen molar-refractivity contribution in [2.75, 3.05) is 5.32 Å². The van der Waals surface area contributed by atoms with Crippen LogP contribution in [0.1, 0.15) is 16.7 Å². The van der Waals surface area contributed by atoms with E-state index in [9.17, 15) is 9.50 Å². The Balaban J connectivity index is 1.66. The lowest BCUT2D eigenvalue weighted by Gasteiger charge is -2.07. The van der Waals surface area contributed by atoms with Crippen LogP contribution < -0.4 is 5.32 Å². The van der Waals surface area contributed by atoms with E-state index in [-0.39, 0.29) is 16.8 Å². The molecule has 0 amide bonds. The molecule has 0 unspecified atom stereocenters. The molecule has 0 saturated carbocycles. The van der Waals surface area contributed by atoms with Gasteiger partial charge in [0.25, 0.3) is 0 Å². The van der Waals surface area contributed by atoms with Crippen LogP contribution >= 0.6 is 28.1 Å². The minimum Gasteiger partial charge on any atom is -0.493 e. The largest absolute Gasteiger partial charge is 0.493 e. The molecule has 0 saturated heterocycles. The Morgan fingerprint density at radius 3 is 2.53 bits per heavy atom. The summed E-state index contributed by atoms with van der Waals surface area (Å²) in [5, 5.41) is 23.3. The zero-order valence-electron chi connectivity index (χ0n) is 17.4. The smallest absolute Gasteiger partial charge is 0.221 e. The number of benzene rings is 3. The van der Waals surface area contributed by atoms with Crippen LogP contribution in [0.4, 0.5) is 15.8 Å². The predicted molar refractivity (Wildman–Crippen MR) is 133 cm³/mol. The van der Waals surface area contributed by atoms with E-state index in [1.807, 2.05) is 50.2 Å². The molecule has 4 rings (SSSR count). The maximum atomic E-state index is 13.3. The van der Waals surface area contributed by atoms with Crippen molar-refractivity contribution in [3.05, 3.63) is 87.6 Å². The average Bonchev–Trinajstić information content (AvgIpc) is 3.01. The fourth-order valence-electron chi connectivity index (χ4n) is 3.39. The molecule has 1 aromatic heterocycles. The van der Waals surface area contributed by atoms with Crippen LogP contribution in [0.2, 0.25) is 0 Å². The topological polar surface area (TPSA) is 61.9 Å². The van der Waals surface area contributed by atoms with Gasteiger partial charge in [-0.3, -0.25) is 0 Å². The molecule has 8 heteroatoms. The Labute approximate surface area is 198 Å². The van der Waals surface area contributed by atoms with Crippen molar-refractivity contribution in [1.29, 1.82) is 0 Å². The number of hydrogen-bond acceptors (Lipinski definition) is 3. The molecule has 0 radical (unpaired) electrons. The van der Waals surface area contributed by atoms with Gasteiger partial charge in [-0.05, 0) is 85.2 Å². The molecule has 0 fully saturated rings. The first kappa shape index (κ1) is 22.1. The molecule has 5 nitrogen and oxygen atoms in total. The lowest BCUT2D eigenvalue weighted by molar-refractivity contribution is 0.429. The van der Waals surface area contributed by atoms with Crippen LogP contribution in [0.3, 0.4) is 0 Å². The molecular formula is C24H20BrFN4OS. The molecule has 32 heavy (non-hydrogen) atoms. The lowest BCUT2D eigenvalue weighted by Crippen LogP contribution is -2.05. The van der Waals surface area contributed by atoms with Crippen LogP contribution in [0, 0.1) is 19.7 Å². The number of aromatic nitrogens is 1. The maximum absolute atomic E-state index is 13.3. The van der Waals surface area contributed by atoms with Gasteiger partial charge in [0.2, 0.25) is 11.0 Å². The highest BCUT2D eigenvalue weighted by molar-refractivity contribution is 9.10. The van der Waals surface area contributed by atoms with Gasteiger partial charge in [-0.25, -0.2) is 4.39 Å². The van der Waals surface area contributed by atoms with Crippen LogP contribution in [-0.2, 0) is 6.54 Å². The Hall–Kier alpha value is -3.10. The Morgan fingerprint density at radius 2 is 1.81 bits per heavy atom. The third-order valence-corrected chi connectivity index (χ3v) is 5.90. The molecule has 0 aliphatic carbocycles. The van der Waals surface area contributed by atoms with Gasteiger partial charge in [0, 0.05) is 15.5 Å². The third-order valence-electron chi connectivity index (χ3n) is 5.22. The van der Waals surface area contributed by atoms with Crippen molar-refractivity contribution in [3.63, 3.8) is 0 Å². The van der Waals surface area contributed by atoms with E-state index in [4.69, 9.17) is 12.2 Å². The Morgan fingerprint density at radius 1 is 1.06 bits per heavy atom. The summed E-state index contributed by atoms with van der Waals surface area (Å²) in [4.78, 5) is 0. The zero-order valence-corrected chi connectivity index (χ0v) is 19.8. The van der Waals surface area contributed by atoms with Crippen LogP contribution in [0.25, 0.3) is 10.9 Å². The van der Waals surface area contributed by atoms with E-state index in [2.05, 4.69) is 31.5 Å². The van der Waals surface area contributed by atoms with Crippen molar-refractivity contribution in [3.8, 4) is 5.88 Å². The maximum Gasteiger partial charge on any atom is 0.221 e. The summed E-state index contributed by atoms with van der Waals surface area (Å²) >= 11 is 8.79. The third kappa shape index (κ3) is 4.71. The van der Waals surface area contributed by atoms with E-state index in [0.29, 0.717) is 12.2 Å². The second-order valence-corrected chi connectivity index (χ2v) is 8.78. The van der Waals surface area contributed by atoms with Crippen molar-refractivity contribution in [1.82, 2.24) is 4.57 Å². The number of aryl methyl sites for hydroxylation is 2. The summed E-state index contributed by atoms with van der Waals surface area (Å²) in [6.07, 6.45) is 0. The number of hydrogen-bond donors (Lipinski definition) is 2. The number of halogens is 2. The second-order valence-electron chi connectivity index (χ2n) is 7.48. The van der Waals surface area contributed by atoms with Gasteiger partial charge in [-0.15, -0.1) is 10.2 Å². The fraction of sp³-hybridized carbons (Fsp3) is 0.125. The minimum absolute atomic E-state index is 0.0415. The molecule has 0 bridgehead atoms.